The van der Waals surface area contributed by atoms with Gasteiger partial charge in [0, 0.05) is 17.6 Å². The van der Waals surface area contributed by atoms with Crippen LogP contribution in [0.2, 0.25) is 0 Å². The number of ether oxygens (including phenoxy) is 1. The van der Waals surface area contributed by atoms with Crippen molar-refractivity contribution in [2.24, 2.45) is 0 Å². The van der Waals surface area contributed by atoms with Crippen LogP contribution in [0.15, 0.2) is 64.6 Å². The van der Waals surface area contributed by atoms with Crippen molar-refractivity contribution in [1.82, 2.24) is 4.90 Å². The van der Waals surface area contributed by atoms with E-state index in [-0.39, 0.29) is 24.2 Å². The molecule has 0 aliphatic carbocycles. The van der Waals surface area contributed by atoms with Crippen LogP contribution in [0.4, 0.5) is 5.69 Å². The second-order valence-electron chi connectivity index (χ2n) is 5.57. The Morgan fingerprint density at radius 3 is 2.62 bits per heavy atom. The highest BCUT2D eigenvalue weighted by Gasteiger charge is 2.11. The Hall–Kier alpha value is -3.06. The topological polar surface area (TPSA) is 71.8 Å². The maximum atomic E-state index is 12.1. The number of amides is 2. The average Bonchev–Trinajstić information content (AvgIpc) is 3.34. The van der Waals surface area contributed by atoms with E-state index in [1.165, 1.54) is 6.26 Å². The van der Waals surface area contributed by atoms with E-state index in [0.717, 1.165) is 4.88 Å². The second kappa shape index (κ2) is 8.35. The van der Waals surface area contributed by atoms with Gasteiger partial charge in [-0.3, -0.25) is 9.59 Å². The Labute approximate surface area is 155 Å². The van der Waals surface area contributed by atoms with Crippen LogP contribution in [-0.4, -0.2) is 30.4 Å². The fourth-order valence-corrected chi connectivity index (χ4v) is 2.97. The smallest absolute Gasteiger partial charge is 0.291 e. The number of nitrogens with zero attached hydrogens (tertiary/aromatic N) is 1. The highest BCUT2D eigenvalue weighted by molar-refractivity contribution is 7.09. The number of carbonyl (C=O) groups excluding carboxylic acids is 2. The molecule has 1 N–H and O–H groups in total. The van der Waals surface area contributed by atoms with Crippen molar-refractivity contribution in [3.63, 3.8) is 0 Å². The minimum Gasteiger partial charge on any atom is -0.484 e. The number of hydrogen-bond acceptors (Lipinski definition) is 5. The predicted octanol–water partition coefficient (Wildman–Crippen LogP) is 3.63. The lowest BCUT2D eigenvalue weighted by molar-refractivity contribution is -0.132. The SMILES string of the molecule is CN(Cc1cccs1)C(=O)COc1ccc(NC(=O)c2ccco2)cc1. The zero-order valence-electron chi connectivity index (χ0n) is 14.2. The summed E-state index contributed by atoms with van der Waals surface area (Å²) in [5, 5.41) is 4.70. The summed E-state index contributed by atoms with van der Waals surface area (Å²) in [5.74, 6) is 0.367. The zero-order chi connectivity index (χ0) is 18.4. The summed E-state index contributed by atoms with van der Waals surface area (Å²) in [6.45, 7) is 0.525. The first-order valence-corrected chi connectivity index (χ1v) is 8.84. The van der Waals surface area contributed by atoms with Crippen molar-refractivity contribution in [3.8, 4) is 5.75 Å². The van der Waals surface area contributed by atoms with Crippen molar-refractivity contribution in [2.45, 2.75) is 6.54 Å². The number of thiophene rings is 1. The van der Waals surface area contributed by atoms with Gasteiger partial charge in [-0.25, -0.2) is 0 Å². The Balaban J connectivity index is 1.48. The minimum absolute atomic E-state index is 0.0417. The van der Waals surface area contributed by atoms with E-state index >= 15 is 0 Å². The maximum Gasteiger partial charge on any atom is 0.291 e. The van der Waals surface area contributed by atoms with Crippen molar-refractivity contribution >= 4 is 28.8 Å². The normalized spacial score (nSPS) is 10.3. The lowest BCUT2D eigenvalue weighted by Crippen LogP contribution is -2.30. The first-order valence-electron chi connectivity index (χ1n) is 7.96. The quantitative estimate of drug-likeness (QED) is 0.689. The molecule has 7 heteroatoms. The molecule has 26 heavy (non-hydrogen) atoms. The van der Waals surface area contributed by atoms with Crippen molar-refractivity contribution in [3.05, 3.63) is 70.8 Å². The summed E-state index contributed by atoms with van der Waals surface area (Å²) in [4.78, 5) is 26.8. The highest BCUT2D eigenvalue weighted by atomic mass is 32.1. The number of hydrogen-bond donors (Lipinski definition) is 1. The van der Waals surface area contributed by atoms with Crippen molar-refractivity contribution in [1.29, 1.82) is 0 Å². The third kappa shape index (κ3) is 4.73. The lowest BCUT2D eigenvalue weighted by atomic mass is 10.3. The van der Waals surface area contributed by atoms with E-state index in [1.807, 2.05) is 17.5 Å². The molecule has 0 unspecified atom stereocenters. The Morgan fingerprint density at radius 1 is 1.15 bits per heavy atom. The molecule has 3 rings (SSSR count). The number of rotatable bonds is 7. The largest absolute Gasteiger partial charge is 0.484 e. The van der Waals surface area contributed by atoms with Gasteiger partial charge in [-0.15, -0.1) is 11.3 Å². The highest BCUT2D eigenvalue weighted by Crippen LogP contribution is 2.17. The summed E-state index contributed by atoms with van der Waals surface area (Å²) >= 11 is 1.61. The van der Waals surface area contributed by atoms with Gasteiger partial charge in [0.25, 0.3) is 11.8 Å². The Kier molecular flexibility index (Phi) is 5.70. The van der Waals surface area contributed by atoms with Gasteiger partial charge in [-0.05, 0) is 47.8 Å². The van der Waals surface area contributed by atoms with Crippen LogP contribution in [0, 0.1) is 0 Å². The van der Waals surface area contributed by atoms with E-state index in [4.69, 9.17) is 9.15 Å². The molecule has 6 nitrogen and oxygen atoms in total. The van der Waals surface area contributed by atoms with Crippen LogP contribution in [0.3, 0.4) is 0 Å². The van der Waals surface area contributed by atoms with Gasteiger partial charge >= 0.3 is 0 Å². The number of furan rings is 1. The average molecular weight is 370 g/mol. The minimum atomic E-state index is -0.325. The number of benzene rings is 1. The van der Waals surface area contributed by atoms with Crippen molar-refractivity contribution < 1.29 is 18.7 Å². The van der Waals surface area contributed by atoms with E-state index < -0.39 is 0 Å². The maximum absolute atomic E-state index is 12.1. The van der Waals surface area contributed by atoms with E-state index in [9.17, 15) is 9.59 Å². The number of nitrogens with one attached hydrogen (secondary N) is 1. The molecule has 0 fully saturated rings. The third-order valence-electron chi connectivity index (χ3n) is 3.62. The van der Waals surface area contributed by atoms with E-state index in [0.29, 0.717) is 18.0 Å². The van der Waals surface area contributed by atoms with Crippen LogP contribution in [-0.2, 0) is 11.3 Å². The van der Waals surface area contributed by atoms with Gasteiger partial charge in [-0.2, -0.15) is 0 Å². The molecule has 0 saturated carbocycles. The molecule has 2 heterocycles. The van der Waals surface area contributed by atoms with Gasteiger partial charge in [0.1, 0.15) is 5.75 Å². The van der Waals surface area contributed by atoms with Gasteiger partial charge in [0.2, 0.25) is 0 Å². The van der Waals surface area contributed by atoms with Crippen LogP contribution in [0.5, 0.6) is 5.75 Å². The Bertz CT molecular complexity index is 842. The molecule has 0 bridgehead atoms. The fraction of sp³-hybridized carbons (Fsp3) is 0.158. The van der Waals surface area contributed by atoms with E-state index in [1.54, 1.807) is 59.7 Å². The number of carbonyl (C=O) groups is 2. The molecular formula is C19H18N2O4S. The van der Waals surface area contributed by atoms with Gasteiger partial charge in [0.05, 0.1) is 12.8 Å². The van der Waals surface area contributed by atoms with Crippen LogP contribution < -0.4 is 10.1 Å². The molecule has 2 amide bonds. The number of anilines is 1. The van der Waals surface area contributed by atoms with Crippen LogP contribution in [0.1, 0.15) is 15.4 Å². The molecule has 0 aliphatic rings. The molecule has 0 spiro atoms. The molecule has 3 aromatic rings. The fourth-order valence-electron chi connectivity index (χ4n) is 2.21. The summed E-state index contributed by atoms with van der Waals surface area (Å²) in [7, 11) is 1.75. The second-order valence-corrected chi connectivity index (χ2v) is 6.61. The van der Waals surface area contributed by atoms with Gasteiger partial charge in [0.15, 0.2) is 12.4 Å². The monoisotopic (exact) mass is 370 g/mol. The predicted molar refractivity (Wildman–Crippen MR) is 99.4 cm³/mol. The molecule has 134 valence electrons. The van der Waals surface area contributed by atoms with Gasteiger partial charge < -0.3 is 19.4 Å². The molecule has 0 aliphatic heterocycles. The third-order valence-corrected chi connectivity index (χ3v) is 4.48. The lowest BCUT2D eigenvalue weighted by Gasteiger charge is -2.16. The van der Waals surface area contributed by atoms with Gasteiger partial charge in [-0.1, -0.05) is 6.07 Å². The molecule has 0 radical (unpaired) electrons. The standard InChI is InChI=1S/C19H18N2O4S/c1-21(12-16-4-3-11-26-16)18(22)13-25-15-8-6-14(7-9-15)20-19(23)17-5-2-10-24-17/h2-11H,12-13H2,1H3,(H,20,23). The summed E-state index contributed by atoms with van der Waals surface area (Å²) in [6, 6.07) is 14.0. The molecule has 1 aromatic carbocycles. The van der Waals surface area contributed by atoms with E-state index in [2.05, 4.69) is 5.32 Å². The molecular weight excluding hydrogens is 352 g/mol. The molecule has 0 saturated heterocycles. The first kappa shape index (κ1) is 17.8. The molecule has 2 aromatic heterocycles. The molecule has 0 atom stereocenters. The number of likely N-dealkylation sites (N-methyl/N-ethyl adjacent to an activating group) is 1. The van der Waals surface area contributed by atoms with Crippen molar-refractivity contribution in [2.75, 3.05) is 19.0 Å². The first-order chi connectivity index (χ1) is 12.6. The zero-order valence-corrected chi connectivity index (χ0v) is 15.0. The van der Waals surface area contributed by atoms with Crippen LogP contribution in [0.25, 0.3) is 0 Å². The summed E-state index contributed by atoms with van der Waals surface area (Å²) < 4.78 is 10.6. The summed E-state index contributed by atoms with van der Waals surface area (Å²) in [6.07, 6.45) is 1.44. The Morgan fingerprint density at radius 2 is 1.96 bits per heavy atom. The summed E-state index contributed by atoms with van der Waals surface area (Å²) in [5.41, 5.74) is 0.611. The van der Waals surface area contributed by atoms with Crippen LogP contribution >= 0.6 is 11.3 Å².